The second kappa shape index (κ2) is 10.1. The van der Waals surface area contributed by atoms with Gasteiger partial charge in [0.15, 0.2) is 0 Å². The number of esters is 1. The Morgan fingerprint density at radius 1 is 1.02 bits per heavy atom. The summed E-state index contributed by atoms with van der Waals surface area (Å²) in [6.07, 6.45) is 8.12. The van der Waals surface area contributed by atoms with Crippen molar-refractivity contribution in [2.75, 3.05) is 13.7 Å². The Morgan fingerprint density at radius 3 is 2.39 bits per heavy atom. The summed E-state index contributed by atoms with van der Waals surface area (Å²) in [6, 6.07) is 0. The summed E-state index contributed by atoms with van der Waals surface area (Å²) < 4.78 is 4.95. The van der Waals surface area contributed by atoms with Crippen molar-refractivity contribution >= 4 is 23.1 Å². The molecule has 0 spiro atoms. The number of nitrogens with one attached hydrogen (secondary N) is 1. The number of nitrogens with zero attached hydrogens (tertiary/aromatic N) is 3. The molecule has 0 aromatic rings. The van der Waals surface area contributed by atoms with E-state index in [1.165, 1.54) is 7.11 Å². The fourth-order valence-electron chi connectivity index (χ4n) is 6.73. The first-order valence-corrected chi connectivity index (χ1v) is 14.3. The van der Waals surface area contributed by atoms with Gasteiger partial charge in [0.2, 0.25) is 0 Å². The molecule has 8 nitrogen and oxygen atoms in total. The first-order chi connectivity index (χ1) is 19.7. The van der Waals surface area contributed by atoms with Crippen LogP contribution >= 0.6 is 0 Å². The number of allylic oxidation sites excluding steroid dienone is 11. The maximum absolute atomic E-state index is 12.2. The van der Waals surface area contributed by atoms with Crippen molar-refractivity contribution in [3.05, 3.63) is 91.5 Å². The number of methoxy groups -OCH3 is 1. The van der Waals surface area contributed by atoms with E-state index in [0.717, 1.165) is 91.1 Å². The number of rotatable bonds is 5. The van der Waals surface area contributed by atoms with Gasteiger partial charge in [-0.25, -0.2) is 15.0 Å². The molecule has 0 aromatic carbocycles. The van der Waals surface area contributed by atoms with Crippen LogP contribution in [-0.2, 0) is 9.53 Å². The van der Waals surface area contributed by atoms with Crippen LogP contribution in [0.1, 0.15) is 60.3 Å². The maximum Gasteiger partial charge on any atom is 0.305 e. The van der Waals surface area contributed by atoms with Crippen molar-refractivity contribution < 1.29 is 19.7 Å². The van der Waals surface area contributed by atoms with Crippen LogP contribution in [0.4, 0.5) is 0 Å². The molecular formula is C33H36N4O4. The fourth-order valence-corrected chi connectivity index (χ4v) is 6.73. The molecule has 0 amide bonds. The van der Waals surface area contributed by atoms with Gasteiger partial charge in [-0.2, -0.15) is 0 Å². The molecule has 0 saturated carbocycles. The van der Waals surface area contributed by atoms with E-state index in [2.05, 4.69) is 32.2 Å². The first kappa shape index (κ1) is 27.1. The predicted molar refractivity (Wildman–Crippen MR) is 160 cm³/mol. The number of aliphatic hydroxyl groups excluding tert-OH is 2. The summed E-state index contributed by atoms with van der Waals surface area (Å²) in [4.78, 5) is 27.2. The number of hydrogen-bond donors (Lipinski definition) is 3. The summed E-state index contributed by atoms with van der Waals surface area (Å²) >= 11 is 0. The van der Waals surface area contributed by atoms with E-state index in [4.69, 9.17) is 19.7 Å². The van der Waals surface area contributed by atoms with Gasteiger partial charge in [-0.05, 0) is 74.1 Å². The molecule has 1 aliphatic carbocycles. The molecule has 6 aliphatic rings. The van der Waals surface area contributed by atoms with Gasteiger partial charge in [0, 0.05) is 52.8 Å². The van der Waals surface area contributed by atoms with Gasteiger partial charge in [0.25, 0.3) is 0 Å². The third kappa shape index (κ3) is 4.23. The normalized spacial score (nSPS) is 25.0. The SMILES string of the molecule is CCC1=C(C)C2=NC1=CC1=C(C)C3=C(O)CC(=C4NC(=CC5=NC(=C2)C(CO)=C5C)C(C)C4CCC(=O)OC)C3=N1. The van der Waals surface area contributed by atoms with Crippen LogP contribution in [0.5, 0.6) is 0 Å². The minimum atomic E-state index is -0.247. The van der Waals surface area contributed by atoms with Gasteiger partial charge < -0.3 is 20.3 Å². The number of aliphatic hydroxyl groups is 2. The van der Waals surface area contributed by atoms with E-state index >= 15 is 0 Å². The quantitative estimate of drug-likeness (QED) is 0.384. The van der Waals surface area contributed by atoms with Crippen molar-refractivity contribution in [1.82, 2.24) is 5.32 Å². The summed E-state index contributed by atoms with van der Waals surface area (Å²) in [5.74, 6) is 0.123. The van der Waals surface area contributed by atoms with E-state index in [1.54, 1.807) is 0 Å². The number of hydrogen-bond acceptors (Lipinski definition) is 8. The monoisotopic (exact) mass is 552 g/mol. The summed E-state index contributed by atoms with van der Waals surface area (Å²) in [5.41, 5.74) is 13.4. The van der Waals surface area contributed by atoms with Crippen LogP contribution in [0.15, 0.2) is 106 Å². The Morgan fingerprint density at radius 2 is 1.71 bits per heavy atom. The Balaban J connectivity index is 1.59. The minimum Gasteiger partial charge on any atom is -0.511 e. The van der Waals surface area contributed by atoms with Crippen molar-refractivity contribution in [3.8, 4) is 0 Å². The average molecular weight is 553 g/mol. The lowest BCUT2D eigenvalue weighted by Crippen LogP contribution is -2.16. The molecule has 5 heterocycles. The zero-order valence-corrected chi connectivity index (χ0v) is 24.5. The third-order valence-corrected chi connectivity index (χ3v) is 9.23. The molecule has 1 saturated heterocycles. The average Bonchev–Trinajstić information content (AvgIpc) is 3.70. The molecule has 6 rings (SSSR count). The van der Waals surface area contributed by atoms with Gasteiger partial charge in [0.1, 0.15) is 5.76 Å². The Bertz CT molecular complexity index is 1650. The molecular weight excluding hydrogens is 516 g/mol. The van der Waals surface area contributed by atoms with E-state index < -0.39 is 0 Å². The Hall–Kier alpha value is -4.04. The van der Waals surface area contributed by atoms with Crippen LogP contribution in [0.25, 0.3) is 0 Å². The van der Waals surface area contributed by atoms with Crippen LogP contribution < -0.4 is 5.32 Å². The van der Waals surface area contributed by atoms with E-state index in [0.29, 0.717) is 18.6 Å². The van der Waals surface area contributed by atoms with Crippen LogP contribution in [0.2, 0.25) is 0 Å². The zero-order valence-electron chi connectivity index (χ0n) is 24.5. The number of aliphatic imine (C=N–C) groups is 3. The second-order valence-electron chi connectivity index (χ2n) is 11.4. The molecule has 0 radical (unpaired) electrons. The first-order valence-electron chi connectivity index (χ1n) is 14.3. The topological polar surface area (TPSA) is 116 Å². The van der Waals surface area contributed by atoms with E-state index in [-0.39, 0.29) is 30.8 Å². The van der Waals surface area contributed by atoms with Gasteiger partial charge in [-0.15, -0.1) is 0 Å². The molecule has 212 valence electrons. The predicted octanol–water partition coefficient (Wildman–Crippen LogP) is 5.60. The standard InChI is InChI=1S/C33H36N4O4/c1-7-19-15(2)24-12-28-22(14-38)17(4)23(35-28)11-25-16(3)20(8-9-30(40)41-6)32(36-25)21-10-29(39)31-18(5)26(37-33(21)31)13-27(19)34-24/h11-13,16,20,36,38-39H,7-10,14H2,1-6H3. The highest BCUT2D eigenvalue weighted by molar-refractivity contribution is 6.21. The van der Waals surface area contributed by atoms with Crippen molar-refractivity contribution in [2.24, 2.45) is 26.8 Å². The lowest BCUT2D eigenvalue weighted by atomic mass is 9.86. The third-order valence-electron chi connectivity index (χ3n) is 9.23. The summed E-state index contributed by atoms with van der Waals surface area (Å²) in [7, 11) is 1.41. The van der Waals surface area contributed by atoms with Gasteiger partial charge in [-0.1, -0.05) is 13.8 Å². The van der Waals surface area contributed by atoms with Crippen LogP contribution in [0, 0.1) is 11.8 Å². The highest BCUT2D eigenvalue weighted by Gasteiger charge is 2.41. The maximum atomic E-state index is 12.2. The lowest BCUT2D eigenvalue weighted by molar-refractivity contribution is -0.140. The summed E-state index contributed by atoms with van der Waals surface area (Å²) in [6.45, 7) is 10.2. The molecule has 5 aliphatic heterocycles. The van der Waals surface area contributed by atoms with Crippen molar-refractivity contribution in [3.63, 3.8) is 0 Å². The number of ether oxygens (including phenoxy) is 1. The van der Waals surface area contributed by atoms with Crippen molar-refractivity contribution in [1.29, 1.82) is 0 Å². The van der Waals surface area contributed by atoms with Gasteiger partial charge in [0.05, 0.1) is 47.9 Å². The highest BCUT2D eigenvalue weighted by Crippen LogP contribution is 2.46. The zero-order chi connectivity index (χ0) is 29.2. The minimum absolute atomic E-state index is 0.000975. The molecule has 1 fully saturated rings. The second-order valence-corrected chi connectivity index (χ2v) is 11.4. The Kier molecular flexibility index (Phi) is 6.69. The number of carbonyl (C=O) groups is 1. The molecule has 8 bridgehead atoms. The highest BCUT2D eigenvalue weighted by atomic mass is 16.5. The Labute approximate surface area is 240 Å². The summed E-state index contributed by atoms with van der Waals surface area (Å²) in [5, 5.41) is 25.1. The van der Waals surface area contributed by atoms with Crippen LogP contribution in [-0.4, -0.2) is 47.0 Å². The van der Waals surface area contributed by atoms with E-state index in [1.807, 2.05) is 26.0 Å². The molecule has 8 heteroatoms. The molecule has 41 heavy (non-hydrogen) atoms. The molecule has 2 unspecified atom stereocenters. The number of carbonyl (C=O) groups excluding carboxylic acids is 1. The lowest BCUT2D eigenvalue weighted by Gasteiger charge is -2.17. The smallest absolute Gasteiger partial charge is 0.305 e. The molecule has 0 aromatic heterocycles. The van der Waals surface area contributed by atoms with Gasteiger partial charge in [-0.3, -0.25) is 4.79 Å². The largest absolute Gasteiger partial charge is 0.511 e. The van der Waals surface area contributed by atoms with Crippen LogP contribution in [0.3, 0.4) is 0 Å². The van der Waals surface area contributed by atoms with Crippen molar-refractivity contribution in [2.45, 2.75) is 60.3 Å². The van der Waals surface area contributed by atoms with Gasteiger partial charge >= 0.3 is 5.97 Å². The molecule has 3 N–H and O–H groups in total. The molecule has 2 atom stereocenters. The number of fused-ring (bicyclic) bond motifs is 5. The van der Waals surface area contributed by atoms with E-state index in [9.17, 15) is 15.0 Å². The fraction of sp³-hybridized carbons (Fsp3) is 0.394.